The second-order valence-corrected chi connectivity index (χ2v) is 5.79. The second-order valence-electron chi connectivity index (χ2n) is 4.76. The van der Waals surface area contributed by atoms with E-state index < -0.39 is 0 Å². The highest BCUT2D eigenvalue weighted by atomic mass is 32.1. The van der Waals surface area contributed by atoms with Crippen LogP contribution in [-0.4, -0.2) is 38.3 Å². The molecule has 2 heterocycles. The Kier molecular flexibility index (Phi) is 3.97. The van der Waals surface area contributed by atoms with Gasteiger partial charge in [-0.05, 0) is 24.9 Å². The first-order valence-corrected chi connectivity index (χ1v) is 6.61. The topological polar surface area (TPSA) is 38.5 Å². The van der Waals surface area contributed by atoms with E-state index in [9.17, 15) is 0 Å². The Morgan fingerprint density at radius 2 is 2.50 bits per heavy atom. The maximum atomic E-state index is 5.89. The van der Waals surface area contributed by atoms with Crippen molar-refractivity contribution < 1.29 is 4.74 Å². The van der Waals surface area contributed by atoms with Gasteiger partial charge in [-0.15, -0.1) is 11.3 Å². The highest BCUT2D eigenvalue weighted by Gasteiger charge is 2.34. The summed E-state index contributed by atoms with van der Waals surface area (Å²) in [5.74, 6) is 0. The fraction of sp³-hybridized carbons (Fsp3) is 0.667. The van der Waals surface area contributed by atoms with Gasteiger partial charge in [0.2, 0.25) is 0 Å². The van der Waals surface area contributed by atoms with Crippen LogP contribution in [-0.2, 0) is 11.3 Å². The van der Waals surface area contributed by atoms with Crippen LogP contribution in [0.15, 0.2) is 17.5 Å². The average Bonchev–Trinajstić information content (AvgIpc) is 2.90. The minimum Gasteiger partial charge on any atom is -0.381 e. The Hall–Kier alpha value is -0.420. The lowest BCUT2D eigenvalue weighted by Gasteiger charge is -2.30. The fourth-order valence-corrected chi connectivity index (χ4v) is 3.08. The van der Waals surface area contributed by atoms with Crippen molar-refractivity contribution in [3.8, 4) is 0 Å². The fourth-order valence-electron chi connectivity index (χ4n) is 2.30. The van der Waals surface area contributed by atoms with Gasteiger partial charge in [0, 0.05) is 36.5 Å². The zero-order valence-corrected chi connectivity index (χ0v) is 10.6. The van der Waals surface area contributed by atoms with Gasteiger partial charge >= 0.3 is 0 Å². The van der Waals surface area contributed by atoms with Crippen LogP contribution in [0.1, 0.15) is 11.3 Å². The number of rotatable bonds is 5. The van der Waals surface area contributed by atoms with Crippen LogP contribution in [0.2, 0.25) is 0 Å². The lowest BCUT2D eigenvalue weighted by atomic mass is 9.87. The maximum Gasteiger partial charge on any atom is 0.0547 e. The predicted octanol–water partition coefficient (Wildman–Crippen LogP) is 1.55. The Bertz CT molecular complexity index is 307. The molecule has 90 valence electrons. The molecular weight excluding hydrogens is 220 g/mol. The first-order chi connectivity index (χ1) is 7.74. The Morgan fingerprint density at radius 1 is 1.62 bits per heavy atom. The predicted molar refractivity (Wildman–Crippen MR) is 67.6 cm³/mol. The Labute approximate surface area is 101 Å². The SMILES string of the molecule is CN(Cc1cccs1)CC1(CN)CCOC1. The molecule has 1 aromatic rings. The van der Waals surface area contributed by atoms with E-state index in [-0.39, 0.29) is 5.41 Å². The van der Waals surface area contributed by atoms with Crippen molar-refractivity contribution in [2.24, 2.45) is 11.1 Å². The van der Waals surface area contributed by atoms with E-state index in [1.165, 1.54) is 4.88 Å². The molecule has 2 rings (SSSR count). The Balaban J connectivity index is 1.88. The quantitative estimate of drug-likeness (QED) is 0.848. The smallest absolute Gasteiger partial charge is 0.0547 e. The van der Waals surface area contributed by atoms with E-state index in [2.05, 4.69) is 29.5 Å². The maximum absolute atomic E-state index is 5.89. The van der Waals surface area contributed by atoms with Crippen LogP contribution < -0.4 is 5.73 Å². The van der Waals surface area contributed by atoms with Gasteiger partial charge in [0.1, 0.15) is 0 Å². The summed E-state index contributed by atoms with van der Waals surface area (Å²) in [5.41, 5.74) is 6.07. The first-order valence-electron chi connectivity index (χ1n) is 5.73. The van der Waals surface area contributed by atoms with Crippen LogP contribution >= 0.6 is 11.3 Å². The standard InChI is InChI=1S/C12H20N2OS/c1-14(7-11-3-2-6-16-11)9-12(8-13)4-5-15-10-12/h2-3,6H,4-5,7-10,13H2,1H3. The molecule has 3 nitrogen and oxygen atoms in total. The van der Waals surface area contributed by atoms with Crippen molar-refractivity contribution in [1.29, 1.82) is 0 Å². The third kappa shape index (κ3) is 2.83. The summed E-state index contributed by atoms with van der Waals surface area (Å²) in [6.07, 6.45) is 1.10. The van der Waals surface area contributed by atoms with Gasteiger partial charge in [-0.25, -0.2) is 0 Å². The van der Waals surface area contributed by atoms with E-state index in [1.807, 2.05) is 11.3 Å². The molecule has 1 aliphatic heterocycles. The van der Waals surface area contributed by atoms with Gasteiger partial charge in [-0.3, -0.25) is 0 Å². The molecule has 1 aliphatic rings. The van der Waals surface area contributed by atoms with Crippen molar-refractivity contribution in [3.05, 3.63) is 22.4 Å². The zero-order valence-electron chi connectivity index (χ0n) is 9.82. The van der Waals surface area contributed by atoms with Crippen molar-refractivity contribution in [3.63, 3.8) is 0 Å². The number of thiophene rings is 1. The monoisotopic (exact) mass is 240 g/mol. The number of nitrogens with two attached hydrogens (primary N) is 1. The van der Waals surface area contributed by atoms with Gasteiger partial charge < -0.3 is 15.4 Å². The van der Waals surface area contributed by atoms with Crippen molar-refractivity contribution >= 4 is 11.3 Å². The largest absolute Gasteiger partial charge is 0.381 e. The summed E-state index contributed by atoms with van der Waals surface area (Å²) < 4.78 is 5.48. The molecule has 1 fully saturated rings. The minimum absolute atomic E-state index is 0.187. The van der Waals surface area contributed by atoms with E-state index in [0.717, 1.165) is 39.3 Å². The lowest BCUT2D eigenvalue weighted by Crippen LogP contribution is -2.41. The molecule has 4 heteroatoms. The normalized spacial score (nSPS) is 25.4. The van der Waals surface area contributed by atoms with Crippen molar-refractivity contribution in [2.75, 3.05) is 33.4 Å². The van der Waals surface area contributed by atoms with Crippen LogP contribution in [0.5, 0.6) is 0 Å². The summed E-state index contributed by atoms with van der Waals surface area (Å²) >= 11 is 1.81. The highest BCUT2D eigenvalue weighted by molar-refractivity contribution is 7.09. The molecule has 0 spiro atoms. The average molecular weight is 240 g/mol. The van der Waals surface area contributed by atoms with Gasteiger partial charge in [0.05, 0.1) is 6.61 Å². The molecule has 2 N–H and O–H groups in total. The first kappa shape index (κ1) is 12.0. The lowest BCUT2D eigenvalue weighted by molar-refractivity contribution is 0.123. The van der Waals surface area contributed by atoms with E-state index in [1.54, 1.807) is 0 Å². The van der Waals surface area contributed by atoms with Gasteiger partial charge in [-0.1, -0.05) is 6.07 Å². The molecule has 0 bridgehead atoms. The molecule has 1 saturated heterocycles. The molecule has 0 saturated carbocycles. The van der Waals surface area contributed by atoms with Gasteiger partial charge in [0.25, 0.3) is 0 Å². The van der Waals surface area contributed by atoms with Crippen molar-refractivity contribution in [2.45, 2.75) is 13.0 Å². The summed E-state index contributed by atoms with van der Waals surface area (Å²) in [6.45, 7) is 4.45. The van der Waals surface area contributed by atoms with Gasteiger partial charge in [-0.2, -0.15) is 0 Å². The molecule has 16 heavy (non-hydrogen) atoms. The molecule has 0 aliphatic carbocycles. The van der Waals surface area contributed by atoms with Crippen LogP contribution in [0.4, 0.5) is 0 Å². The van der Waals surface area contributed by atoms with E-state index in [4.69, 9.17) is 10.5 Å². The van der Waals surface area contributed by atoms with Crippen LogP contribution in [0.3, 0.4) is 0 Å². The van der Waals surface area contributed by atoms with E-state index >= 15 is 0 Å². The van der Waals surface area contributed by atoms with E-state index in [0.29, 0.717) is 0 Å². The summed E-state index contributed by atoms with van der Waals surface area (Å²) in [6, 6.07) is 4.28. The molecular formula is C12H20N2OS. The molecule has 1 unspecified atom stereocenters. The molecule has 0 aromatic carbocycles. The zero-order chi connectivity index (χ0) is 11.4. The van der Waals surface area contributed by atoms with Crippen molar-refractivity contribution in [1.82, 2.24) is 4.90 Å². The molecule has 1 aromatic heterocycles. The minimum atomic E-state index is 0.187. The number of hydrogen-bond donors (Lipinski definition) is 1. The van der Waals surface area contributed by atoms with Crippen LogP contribution in [0.25, 0.3) is 0 Å². The third-order valence-electron chi connectivity index (χ3n) is 3.23. The second kappa shape index (κ2) is 5.27. The molecule has 1 atom stereocenters. The summed E-state index contributed by atoms with van der Waals surface area (Å²) in [4.78, 5) is 3.77. The third-order valence-corrected chi connectivity index (χ3v) is 4.09. The number of hydrogen-bond acceptors (Lipinski definition) is 4. The number of nitrogens with zero attached hydrogens (tertiary/aromatic N) is 1. The highest BCUT2D eigenvalue weighted by Crippen LogP contribution is 2.28. The molecule has 0 amide bonds. The van der Waals surface area contributed by atoms with Gasteiger partial charge in [0.15, 0.2) is 0 Å². The van der Waals surface area contributed by atoms with Crippen LogP contribution in [0, 0.1) is 5.41 Å². The number of ether oxygens (including phenoxy) is 1. The molecule has 0 radical (unpaired) electrons. The summed E-state index contributed by atoms with van der Waals surface area (Å²) in [5, 5.41) is 2.13. The summed E-state index contributed by atoms with van der Waals surface area (Å²) in [7, 11) is 2.16. The Morgan fingerprint density at radius 3 is 3.06 bits per heavy atom.